The molecule has 0 aliphatic heterocycles. The Balaban J connectivity index is 1.74. The van der Waals surface area contributed by atoms with E-state index in [9.17, 15) is 0 Å². The van der Waals surface area contributed by atoms with Crippen LogP contribution >= 0.6 is 11.6 Å². The van der Waals surface area contributed by atoms with Gasteiger partial charge in [0, 0.05) is 12.1 Å². The smallest absolute Gasteiger partial charge is 0.182 e. The minimum atomic E-state index is 0.505. The monoisotopic (exact) mass is 423 g/mol. The number of ether oxygens (including phenoxy) is 2. The number of nitrogens with one attached hydrogen (secondary N) is 1. The molecule has 0 radical (unpaired) electrons. The second-order valence-corrected chi connectivity index (χ2v) is 7.25. The molecule has 0 unspecified atom stereocenters. The maximum atomic E-state index is 6.31. The minimum Gasteiger partial charge on any atom is -0.497 e. The number of rotatable bonds is 6. The molecule has 7 nitrogen and oxygen atoms in total. The molecular formula is C22H22ClN5O2. The summed E-state index contributed by atoms with van der Waals surface area (Å²) >= 11 is 6.31. The number of hydrogen-bond donors (Lipinski definition) is 1. The SMILES string of the molecule is COc1ccc(CNc2nc(-c3ccc(OC)c(Cl)c3)nn3c(C)nc(C)c23)cc1. The van der Waals surface area contributed by atoms with Crippen molar-refractivity contribution in [3.8, 4) is 22.9 Å². The molecule has 154 valence electrons. The van der Waals surface area contributed by atoms with Crippen molar-refractivity contribution in [3.05, 3.63) is 64.6 Å². The van der Waals surface area contributed by atoms with Gasteiger partial charge in [0.15, 0.2) is 11.6 Å². The molecule has 0 bridgehead atoms. The Morgan fingerprint density at radius 1 is 1.00 bits per heavy atom. The molecule has 8 heteroatoms. The molecule has 0 aliphatic rings. The van der Waals surface area contributed by atoms with Crippen LogP contribution < -0.4 is 14.8 Å². The Morgan fingerprint density at radius 2 is 1.77 bits per heavy atom. The summed E-state index contributed by atoms with van der Waals surface area (Å²) in [5.74, 6) is 3.47. The average Bonchev–Trinajstić information content (AvgIpc) is 3.06. The topological polar surface area (TPSA) is 73.6 Å². The molecule has 0 aliphatic carbocycles. The predicted molar refractivity (Wildman–Crippen MR) is 118 cm³/mol. The lowest BCUT2D eigenvalue weighted by Gasteiger charge is -2.12. The Morgan fingerprint density at radius 3 is 2.43 bits per heavy atom. The number of aromatic nitrogens is 4. The summed E-state index contributed by atoms with van der Waals surface area (Å²) in [6.45, 7) is 4.47. The van der Waals surface area contributed by atoms with Crippen LogP contribution in [0.5, 0.6) is 11.5 Å². The first-order valence-corrected chi connectivity index (χ1v) is 9.82. The number of halogens is 1. The van der Waals surface area contributed by atoms with Crippen LogP contribution in [0.3, 0.4) is 0 Å². The van der Waals surface area contributed by atoms with E-state index in [0.717, 1.165) is 33.9 Å². The fraction of sp³-hybridized carbons (Fsp3) is 0.227. The Hall–Kier alpha value is -3.32. The number of benzene rings is 2. The van der Waals surface area contributed by atoms with E-state index in [1.165, 1.54) is 0 Å². The van der Waals surface area contributed by atoms with E-state index in [2.05, 4.69) is 15.4 Å². The number of nitrogens with zero attached hydrogens (tertiary/aromatic N) is 4. The third kappa shape index (κ3) is 3.76. The number of aryl methyl sites for hydroxylation is 2. The van der Waals surface area contributed by atoms with Crippen molar-refractivity contribution in [3.63, 3.8) is 0 Å². The number of methoxy groups -OCH3 is 2. The molecule has 4 aromatic rings. The highest BCUT2D eigenvalue weighted by atomic mass is 35.5. The highest BCUT2D eigenvalue weighted by Crippen LogP contribution is 2.30. The van der Waals surface area contributed by atoms with Crippen molar-refractivity contribution in [2.75, 3.05) is 19.5 Å². The van der Waals surface area contributed by atoms with Gasteiger partial charge < -0.3 is 14.8 Å². The summed E-state index contributed by atoms with van der Waals surface area (Å²) in [5.41, 5.74) is 3.62. The van der Waals surface area contributed by atoms with Gasteiger partial charge in [-0.2, -0.15) is 0 Å². The minimum absolute atomic E-state index is 0.505. The molecule has 4 rings (SSSR count). The molecule has 0 saturated heterocycles. The molecule has 0 spiro atoms. The van der Waals surface area contributed by atoms with Crippen LogP contribution in [0.4, 0.5) is 5.82 Å². The largest absolute Gasteiger partial charge is 0.497 e. The van der Waals surface area contributed by atoms with Crippen LogP contribution in [-0.2, 0) is 6.54 Å². The van der Waals surface area contributed by atoms with Gasteiger partial charge in [-0.3, -0.25) is 0 Å². The van der Waals surface area contributed by atoms with E-state index in [4.69, 9.17) is 26.1 Å². The third-order valence-corrected chi connectivity index (χ3v) is 5.15. The fourth-order valence-electron chi connectivity index (χ4n) is 3.31. The lowest BCUT2D eigenvalue weighted by molar-refractivity contribution is 0.414. The van der Waals surface area contributed by atoms with Crippen LogP contribution in [0.1, 0.15) is 17.1 Å². The summed E-state index contributed by atoms with van der Waals surface area (Å²) in [6.07, 6.45) is 0. The lowest BCUT2D eigenvalue weighted by Crippen LogP contribution is -2.08. The predicted octanol–water partition coefficient (Wildman–Crippen LogP) is 4.69. The molecule has 2 heterocycles. The van der Waals surface area contributed by atoms with Crippen molar-refractivity contribution in [2.45, 2.75) is 20.4 Å². The van der Waals surface area contributed by atoms with Crippen molar-refractivity contribution >= 4 is 22.9 Å². The molecule has 2 aromatic carbocycles. The highest BCUT2D eigenvalue weighted by Gasteiger charge is 2.16. The summed E-state index contributed by atoms with van der Waals surface area (Å²) in [5, 5.41) is 8.62. The molecule has 0 atom stereocenters. The first kappa shape index (κ1) is 20.0. The average molecular weight is 424 g/mol. The van der Waals surface area contributed by atoms with Crippen molar-refractivity contribution in [1.29, 1.82) is 0 Å². The molecule has 0 saturated carbocycles. The van der Waals surface area contributed by atoms with Crippen molar-refractivity contribution in [2.24, 2.45) is 0 Å². The highest BCUT2D eigenvalue weighted by molar-refractivity contribution is 6.32. The van der Waals surface area contributed by atoms with Gasteiger partial charge in [-0.15, -0.1) is 5.10 Å². The van der Waals surface area contributed by atoms with E-state index in [1.54, 1.807) is 20.3 Å². The lowest BCUT2D eigenvalue weighted by atomic mass is 10.2. The van der Waals surface area contributed by atoms with Crippen LogP contribution in [0, 0.1) is 13.8 Å². The van der Waals surface area contributed by atoms with Crippen molar-refractivity contribution in [1.82, 2.24) is 19.6 Å². The van der Waals surface area contributed by atoms with Crippen molar-refractivity contribution < 1.29 is 9.47 Å². The van der Waals surface area contributed by atoms with Gasteiger partial charge >= 0.3 is 0 Å². The van der Waals surface area contributed by atoms with Gasteiger partial charge in [0.1, 0.15) is 22.8 Å². The van der Waals surface area contributed by atoms with Gasteiger partial charge in [0.2, 0.25) is 0 Å². The number of imidazole rings is 1. The van der Waals surface area contributed by atoms with Crippen LogP contribution in [0.25, 0.3) is 16.9 Å². The van der Waals surface area contributed by atoms with Crippen LogP contribution in [-0.4, -0.2) is 33.8 Å². The van der Waals surface area contributed by atoms with Gasteiger partial charge in [0.05, 0.1) is 24.9 Å². The summed E-state index contributed by atoms with van der Waals surface area (Å²) in [6, 6.07) is 13.4. The fourth-order valence-corrected chi connectivity index (χ4v) is 3.57. The molecular weight excluding hydrogens is 402 g/mol. The van der Waals surface area contributed by atoms with E-state index in [-0.39, 0.29) is 0 Å². The third-order valence-electron chi connectivity index (χ3n) is 4.86. The van der Waals surface area contributed by atoms with Gasteiger partial charge in [-0.05, 0) is 49.7 Å². The zero-order valence-electron chi connectivity index (χ0n) is 17.2. The Bertz CT molecular complexity index is 1200. The van der Waals surface area contributed by atoms with E-state index in [0.29, 0.717) is 29.0 Å². The second-order valence-electron chi connectivity index (χ2n) is 6.84. The second kappa shape index (κ2) is 8.20. The number of anilines is 1. The zero-order chi connectivity index (χ0) is 21.3. The molecule has 0 amide bonds. The van der Waals surface area contributed by atoms with Crippen LogP contribution in [0.15, 0.2) is 42.5 Å². The molecule has 0 fully saturated rings. The Kier molecular flexibility index (Phi) is 5.46. The number of hydrogen-bond acceptors (Lipinski definition) is 6. The molecule has 2 aromatic heterocycles. The molecule has 30 heavy (non-hydrogen) atoms. The number of fused-ring (bicyclic) bond motifs is 1. The Labute approximate surface area is 179 Å². The first-order chi connectivity index (χ1) is 14.5. The maximum Gasteiger partial charge on any atom is 0.182 e. The van der Waals surface area contributed by atoms with Gasteiger partial charge in [-0.1, -0.05) is 23.7 Å². The van der Waals surface area contributed by atoms with E-state index < -0.39 is 0 Å². The quantitative estimate of drug-likeness (QED) is 0.485. The van der Waals surface area contributed by atoms with Gasteiger partial charge in [0.25, 0.3) is 0 Å². The van der Waals surface area contributed by atoms with Crippen LogP contribution in [0.2, 0.25) is 5.02 Å². The van der Waals surface area contributed by atoms with E-state index >= 15 is 0 Å². The van der Waals surface area contributed by atoms with E-state index in [1.807, 2.05) is 54.8 Å². The summed E-state index contributed by atoms with van der Waals surface area (Å²) in [4.78, 5) is 9.35. The summed E-state index contributed by atoms with van der Waals surface area (Å²) in [7, 11) is 3.24. The zero-order valence-corrected chi connectivity index (χ0v) is 18.0. The maximum absolute atomic E-state index is 6.31. The standard InChI is InChI=1S/C22H22ClN5O2/c1-13-20-22(24-12-15-5-8-17(29-3)9-6-15)26-21(27-28(20)14(2)25-13)16-7-10-19(30-4)18(23)11-16/h5-11H,12H2,1-4H3,(H,24,26,27). The normalized spacial score (nSPS) is 11.0. The first-order valence-electron chi connectivity index (χ1n) is 9.45. The van der Waals surface area contributed by atoms with Gasteiger partial charge in [-0.25, -0.2) is 14.5 Å². The summed E-state index contributed by atoms with van der Waals surface area (Å²) < 4.78 is 12.3. The molecule has 1 N–H and O–H groups in total.